The Morgan fingerprint density at radius 1 is 1.50 bits per heavy atom. The Kier molecular flexibility index (Phi) is 9.43. The normalized spacial score (nSPS) is 12.4. The predicted molar refractivity (Wildman–Crippen MR) is 96.0 cm³/mol. The number of hydrogen-bond acceptors (Lipinski definition) is 10. The molecule has 0 aliphatic heterocycles. The number of furan rings is 1. The molecule has 0 bridgehead atoms. The molecule has 0 amide bonds. The zero-order chi connectivity index (χ0) is 19.6. The van der Waals surface area contributed by atoms with Crippen LogP contribution in [-0.4, -0.2) is 55.9 Å². The zero-order valence-corrected chi connectivity index (χ0v) is 16.0. The van der Waals surface area contributed by atoms with Gasteiger partial charge in [-0.25, -0.2) is 4.18 Å². The highest BCUT2D eigenvalue weighted by atomic mass is 32.3. The van der Waals surface area contributed by atoms with Crippen molar-refractivity contribution in [3.8, 4) is 0 Å². The maximum Gasteiger partial charge on any atom is 0.398 e. The molecule has 3 N–H and O–H groups in total. The first-order chi connectivity index (χ1) is 12.2. The van der Waals surface area contributed by atoms with Crippen molar-refractivity contribution in [3.63, 3.8) is 0 Å². The van der Waals surface area contributed by atoms with E-state index in [0.717, 1.165) is 17.7 Å². The average Bonchev–Trinajstić information content (AvgIpc) is 2.97. The van der Waals surface area contributed by atoms with Crippen molar-refractivity contribution in [1.29, 1.82) is 0 Å². The van der Waals surface area contributed by atoms with Gasteiger partial charge in [-0.1, -0.05) is 0 Å². The summed E-state index contributed by atoms with van der Waals surface area (Å²) in [6, 6.07) is 3.59. The molecule has 13 heteroatoms. The fraction of sp³-hybridized carbons (Fsp3) is 0.538. The fourth-order valence-electron chi connectivity index (χ4n) is 1.79. The molecule has 0 aliphatic rings. The van der Waals surface area contributed by atoms with Gasteiger partial charge in [0.05, 0.1) is 17.2 Å². The summed E-state index contributed by atoms with van der Waals surface area (Å²) < 4.78 is 39.4. The van der Waals surface area contributed by atoms with E-state index in [0.29, 0.717) is 30.4 Å². The van der Waals surface area contributed by atoms with Crippen LogP contribution < -0.4 is 10.6 Å². The van der Waals surface area contributed by atoms with Gasteiger partial charge in [0.2, 0.25) is 0 Å². The Morgan fingerprint density at radius 2 is 2.19 bits per heavy atom. The predicted octanol–water partition coefficient (Wildman–Crippen LogP) is 0.606. The van der Waals surface area contributed by atoms with E-state index in [-0.39, 0.29) is 6.73 Å². The molecule has 0 unspecified atom stereocenters. The van der Waals surface area contributed by atoms with Crippen molar-refractivity contribution in [3.05, 3.63) is 45.8 Å². The molecule has 0 aliphatic carbocycles. The molecule has 26 heavy (non-hydrogen) atoms. The van der Waals surface area contributed by atoms with E-state index < -0.39 is 15.3 Å². The fourth-order valence-corrected chi connectivity index (χ4v) is 2.85. The minimum Gasteiger partial charge on any atom is -0.464 e. The van der Waals surface area contributed by atoms with Gasteiger partial charge in [-0.2, -0.15) is 20.2 Å². The zero-order valence-electron chi connectivity index (χ0n) is 14.4. The summed E-state index contributed by atoms with van der Waals surface area (Å²) in [6.07, 6.45) is 0.867. The van der Waals surface area contributed by atoms with E-state index in [9.17, 15) is 18.5 Å². The Balaban J connectivity index is 2.28. The van der Waals surface area contributed by atoms with Crippen molar-refractivity contribution in [2.75, 3.05) is 33.1 Å². The van der Waals surface area contributed by atoms with Gasteiger partial charge in [0.1, 0.15) is 18.3 Å². The lowest BCUT2D eigenvalue weighted by atomic mass is 10.4. The summed E-state index contributed by atoms with van der Waals surface area (Å²) in [5, 5.41) is 16.0. The SMILES string of the molecule is CNC(=C[N+](=O)[O-])NCCSCc1ccc(CN(C)COS(=O)(=O)O)o1. The Morgan fingerprint density at radius 3 is 2.81 bits per heavy atom. The summed E-state index contributed by atoms with van der Waals surface area (Å²) in [6.45, 7) is 0.578. The minimum absolute atomic E-state index is 0.291. The molecule has 0 spiro atoms. The summed E-state index contributed by atoms with van der Waals surface area (Å²) >= 11 is 1.59. The average molecular weight is 410 g/mol. The number of hydrogen-bond donors (Lipinski definition) is 3. The highest BCUT2D eigenvalue weighted by molar-refractivity contribution is 7.98. The van der Waals surface area contributed by atoms with Gasteiger partial charge >= 0.3 is 10.4 Å². The van der Waals surface area contributed by atoms with Gasteiger partial charge in [0.25, 0.3) is 6.20 Å². The van der Waals surface area contributed by atoms with Crippen LogP contribution >= 0.6 is 11.8 Å². The number of rotatable bonds is 13. The third-order valence-corrected chi connectivity index (χ3v) is 4.26. The quantitative estimate of drug-likeness (QED) is 0.138. The maximum absolute atomic E-state index is 10.5. The van der Waals surface area contributed by atoms with E-state index in [1.54, 1.807) is 31.9 Å². The number of thioether (sulfide) groups is 1. The van der Waals surface area contributed by atoms with Crippen molar-refractivity contribution in [2.45, 2.75) is 12.3 Å². The van der Waals surface area contributed by atoms with Crippen LogP contribution in [0.4, 0.5) is 0 Å². The number of nitrogens with one attached hydrogen (secondary N) is 2. The second kappa shape index (κ2) is 11.0. The van der Waals surface area contributed by atoms with Gasteiger partial charge in [-0.15, -0.1) is 0 Å². The second-order valence-electron chi connectivity index (χ2n) is 5.11. The molecule has 1 aromatic heterocycles. The summed E-state index contributed by atoms with van der Waals surface area (Å²) in [4.78, 5) is 11.4. The highest BCUT2D eigenvalue weighted by Gasteiger charge is 2.10. The minimum atomic E-state index is -4.47. The Labute approximate surface area is 155 Å². The number of nitro groups is 1. The van der Waals surface area contributed by atoms with Gasteiger partial charge < -0.3 is 15.1 Å². The lowest BCUT2D eigenvalue weighted by Crippen LogP contribution is -2.26. The van der Waals surface area contributed by atoms with Crippen molar-refractivity contribution >= 4 is 22.2 Å². The van der Waals surface area contributed by atoms with E-state index in [4.69, 9.17) is 8.97 Å². The van der Waals surface area contributed by atoms with Crippen LogP contribution in [0.25, 0.3) is 0 Å². The summed E-state index contributed by atoms with van der Waals surface area (Å²) in [5.41, 5.74) is 0. The topological polar surface area (TPSA) is 147 Å². The largest absolute Gasteiger partial charge is 0.464 e. The highest BCUT2D eigenvalue weighted by Crippen LogP contribution is 2.16. The lowest BCUT2D eigenvalue weighted by molar-refractivity contribution is -0.404. The molecule has 0 atom stereocenters. The van der Waals surface area contributed by atoms with E-state index in [1.165, 1.54) is 4.90 Å². The van der Waals surface area contributed by atoms with Crippen molar-refractivity contribution in [2.24, 2.45) is 0 Å². The van der Waals surface area contributed by atoms with Crippen LogP contribution in [0.3, 0.4) is 0 Å². The van der Waals surface area contributed by atoms with Crippen LogP contribution in [0.15, 0.2) is 28.6 Å². The Bertz CT molecular complexity index is 705. The smallest absolute Gasteiger partial charge is 0.398 e. The molecule has 1 heterocycles. The van der Waals surface area contributed by atoms with Crippen LogP contribution in [0.5, 0.6) is 0 Å². The van der Waals surface area contributed by atoms with E-state index >= 15 is 0 Å². The molecule has 0 aromatic carbocycles. The first-order valence-electron chi connectivity index (χ1n) is 7.42. The molecule has 1 aromatic rings. The maximum atomic E-state index is 10.5. The first-order valence-corrected chi connectivity index (χ1v) is 9.94. The van der Waals surface area contributed by atoms with Crippen molar-refractivity contribution in [1.82, 2.24) is 15.5 Å². The van der Waals surface area contributed by atoms with Gasteiger partial charge in [0.15, 0.2) is 5.82 Å². The standard InChI is InChI=1S/C13H22N4O7S2/c1-14-13(8-17(18)19)15-5-6-25-9-12-4-3-11(24-12)7-16(2)10-23-26(20,21)22/h3-4,8,14-15H,5-7,9-10H2,1-2H3,(H,20,21,22). The molecule has 148 valence electrons. The van der Waals surface area contributed by atoms with Crippen LogP contribution in [-0.2, 0) is 26.9 Å². The lowest BCUT2D eigenvalue weighted by Gasteiger charge is -2.13. The molecule has 0 saturated heterocycles. The molecule has 0 radical (unpaired) electrons. The molecule has 0 saturated carbocycles. The van der Waals surface area contributed by atoms with Crippen LogP contribution in [0, 0.1) is 10.1 Å². The van der Waals surface area contributed by atoms with Crippen LogP contribution in [0.2, 0.25) is 0 Å². The van der Waals surface area contributed by atoms with Gasteiger partial charge in [-0.05, 0) is 19.2 Å². The van der Waals surface area contributed by atoms with Crippen molar-refractivity contribution < 1.29 is 26.5 Å². The van der Waals surface area contributed by atoms with E-state index in [2.05, 4.69) is 14.8 Å². The van der Waals surface area contributed by atoms with E-state index in [1.807, 2.05) is 6.07 Å². The second-order valence-corrected chi connectivity index (χ2v) is 7.31. The molecule has 0 fully saturated rings. The van der Waals surface area contributed by atoms with Crippen LogP contribution in [0.1, 0.15) is 11.5 Å². The molecular weight excluding hydrogens is 388 g/mol. The molecular formula is C13H22N4O7S2. The van der Waals surface area contributed by atoms with Gasteiger partial charge in [0, 0.05) is 19.3 Å². The Hall–Kier alpha value is -1.80. The first kappa shape index (κ1) is 22.2. The third kappa shape index (κ3) is 10.2. The summed E-state index contributed by atoms with van der Waals surface area (Å²) in [5.74, 6) is 3.07. The monoisotopic (exact) mass is 410 g/mol. The molecule has 1 rings (SSSR count). The van der Waals surface area contributed by atoms with Gasteiger partial charge in [-0.3, -0.25) is 19.6 Å². The summed E-state index contributed by atoms with van der Waals surface area (Å²) in [7, 11) is -1.25. The molecule has 11 nitrogen and oxygen atoms in total. The third-order valence-electron chi connectivity index (χ3n) is 2.88. The number of nitrogens with zero attached hydrogens (tertiary/aromatic N) is 2.